The second-order valence-electron chi connectivity index (χ2n) is 2.63. The van der Waals surface area contributed by atoms with E-state index < -0.39 is 0 Å². The van der Waals surface area contributed by atoms with Crippen molar-refractivity contribution in [3.8, 4) is 0 Å². The average Bonchev–Trinajstić information content (AvgIpc) is 2.14. The predicted octanol–water partition coefficient (Wildman–Crippen LogP) is 3.16. The van der Waals surface area contributed by atoms with E-state index in [0.29, 0.717) is 0 Å². The maximum absolute atomic E-state index is 10.6. The van der Waals surface area contributed by atoms with E-state index in [1.165, 1.54) is 16.4 Å². The molecule has 0 aromatic heterocycles. The smallest absolute Gasteiger partial charge is 0.196 e. The Hall–Kier alpha value is -0.410. The van der Waals surface area contributed by atoms with Crippen LogP contribution in [0.1, 0.15) is 12.5 Å². The molecule has 0 spiro atoms. The maximum atomic E-state index is 10.6. The first-order valence-electron chi connectivity index (χ1n) is 4.13. The van der Waals surface area contributed by atoms with Crippen LogP contribution in [-0.4, -0.2) is 10.9 Å². The molecule has 0 aliphatic rings. The van der Waals surface area contributed by atoms with Crippen LogP contribution in [0.2, 0.25) is 0 Å². The van der Waals surface area contributed by atoms with Gasteiger partial charge in [-0.3, -0.25) is 4.79 Å². The van der Waals surface area contributed by atoms with Gasteiger partial charge >= 0.3 is 0 Å². The minimum atomic E-state index is 0.179. The molecule has 0 saturated carbocycles. The molecule has 0 radical (unpaired) electrons. The van der Waals surface area contributed by atoms with Crippen LogP contribution < -0.4 is 0 Å². The van der Waals surface area contributed by atoms with Crippen molar-refractivity contribution in [2.24, 2.45) is 0 Å². The summed E-state index contributed by atoms with van der Waals surface area (Å²) < 4.78 is 0. The molecule has 1 rings (SSSR count). The molecule has 0 saturated heterocycles. The first-order valence-corrected chi connectivity index (χ1v) is 6.45. The normalized spacial score (nSPS) is 9.92. The molecule has 0 atom stereocenters. The van der Waals surface area contributed by atoms with Crippen LogP contribution >= 0.6 is 21.6 Å². The molecule has 0 N–H and O–H groups in total. The third kappa shape index (κ3) is 5.01. The summed E-state index contributed by atoms with van der Waals surface area (Å²) in [5, 5.41) is 0.179. The number of rotatable bonds is 4. The summed E-state index contributed by atoms with van der Waals surface area (Å²) in [7, 11) is 2.95. The summed E-state index contributed by atoms with van der Waals surface area (Å²) in [6, 6.07) is 10.3. The van der Waals surface area contributed by atoms with E-state index in [2.05, 4.69) is 12.1 Å². The minimum absolute atomic E-state index is 0.179. The van der Waals surface area contributed by atoms with E-state index in [-0.39, 0.29) is 5.12 Å². The SMILES string of the molecule is CC(=O)SSCCc1ccccc1. The number of benzene rings is 1. The summed E-state index contributed by atoms with van der Waals surface area (Å²) in [5.74, 6) is 0.994. The molecule has 0 aliphatic heterocycles. The summed E-state index contributed by atoms with van der Waals surface area (Å²) in [5.41, 5.74) is 1.33. The summed E-state index contributed by atoms with van der Waals surface area (Å²) in [6.45, 7) is 1.60. The van der Waals surface area contributed by atoms with Gasteiger partial charge in [0.05, 0.1) is 0 Å². The zero-order valence-electron chi connectivity index (χ0n) is 7.53. The molecular weight excluding hydrogens is 200 g/mol. The third-order valence-electron chi connectivity index (χ3n) is 1.49. The zero-order chi connectivity index (χ0) is 9.52. The highest BCUT2D eigenvalue weighted by Crippen LogP contribution is 2.22. The van der Waals surface area contributed by atoms with Gasteiger partial charge in [-0.2, -0.15) is 0 Å². The van der Waals surface area contributed by atoms with Gasteiger partial charge < -0.3 is 0 Å². The maximum Gasteiger partial charge on any atom is 0.196 e. The molecule has 0 amide bonds. The first kappa shape index (κ1) is 10.7. The molecule has 0 aliphatic carbocycles. The van der Waals surface area contributed by atoms with Gasteiger partial charge in [0, 0.05) is 12.7 Å². The summed E-state index contributed by atoms with van der Waals surface area (Å²) in [4.78, 5) is 10.6. The highest BCUT2D eigenvalue weighted by atomic mass is 33.1. The van der Waals surface area contributed by atoms with Crippen molar-refractivity contribution < 1.29 is 4.79 Å². The fourth-order valence-electron chi connectivity index (χ4n) is 0.929. The first-order chi connectivity index (χ1) is 6.29. The van der Waals surface area contributed by atoms with Gasteiger partial charge in [0.1, 0.15) is 0 Å². The van der Waals surface area contributed by atoms with Crippen molar-refractivity contribution in [2.75, 3.05) is 5.75 Å². The summed E-state index contributed by atoms with van der Waals surface area (Å²) >= 11 is 0. The van der Waals surface area contributed by atoms with E-state index in [9.17, 15) is 4.79 Å². The zero-order valence-corrected chi connectivity index (χ0v) is 9.16. The highest BCUT2D eigenvalue weighted by Gasteiger charge is 1.95. The van der Waals surface area contributed by atoms with Gasteiger partial charge in [-0.1, -0.05) is 41.1 Å². The molecule has 3 heteroatoms. The molecular formula is C10H12OS2. The lowest BCUT2D eigenvalue weighted by Gasteiger charge is -1.98. The van der Waals surface area contributed by atoms with Crippen molar-refractivity contribution in [1.82, 2.24) is 0 Å². The Morgan fingerprint density at radius 3 is 2.62 bits per heavy atom. The lowest BCUT2D eigenvalue weighted by Crippen LogP contribution is -1.86. The van der Waals surface area contributed by atoms with Crippen molar-refractivity contribution in [2.45, 2.75) is 13.3 Å². The topological polar surface area (TPSA) is 17.1 Å². The summed E-state index contributed by atoms with van der Waals surface area (Å²) in [6.07, 6.45) is 1.03. The Morgan fingerprint density at radius 1 is 1.31 bits per heavy atom. The van der Waals surface area contributed by atoms with Crippen LogP contribution in [0.25, 0.3) is 0 Å². The number of carbonyl (C=O) groups excluding carboxylic acids is 1. The van der Waals surface area contributed by atoms with E-state index >= 15 is 0 Å². The van der Waals surface area contributed by atoms with Gasteiger partial charge in [-0.05, 0) is 22.8 Å². The molecule has 1 aromatic rings. The number of aryl methyl sites for hydroxylation is 1. The van der Waals surface area contributed by atoms with E-state index in [4.69, 9.17) is 0 Å². The lowest BCUT2D eigenvalue weighted by atomic mass is 10.2. The Labute approximate surface area is 86.7 Å². The standard InChI is InChI=1S/C10H12OS2/c1-9(11)13-12-8-7-10-5-3-2-4-6-10/h2-6H,7-8H2,1H3. The predicted molar refractivity (Wildman–Crippen MR) is 60.9 cm³/mol. The van der Waals surface area contributed by atoms with E-state index in [1.807, 2.05) is 18.2 Å². The molecule has 0 heterocycles. The molecule has 1 nitrogen and oxygen atoms in total. The van der Waals surface area contributed by atoms with E-state index in [0.717, 1.165) is 12.2 Å². The van der Waals surface area contributed by atoms with Crippen molar-refractivity contribution in [3.05, 3.63) is 35.9 Å². The molecule has 0 bridgehead atoms. The van der Waals surface area contributed by atoms with Gasteiger partial charge in [0.2, 0.25) is 0 Å². The monoisotopic (exact) mass is 212 g/mol. The second-order valence-corrected chi connectivity index (χ2v) is 5.23. The fourth-order valence-corrected chi connectivity index (χ4v) is 2.50. The minimum Gasteiger partial charge on any atom is -0.287 e. The molecule has 13 heavy (non-hydrogen) atoms. The van der Waals surface area contributed by atoms with Crippen LogP contribution in [0.4, 0.5) is 0 Å². The van der Waals surface area contributed by atoms with Crippen molar-refractivity contribution in [1.29, 1.82) is 0 Å². The quantitative estimate of drug-likeness (QED) is 0.564. The number of hydrogen-bond acceptors (Lipinski definition) is 3. The van der Waals surface area contributed by atoms with Crippen molar-refractivity contribution in [3.63, 3.8) is 0 Å². The largest absolute Gasteiger partial charge is 0.287 e. The van der Waals surface area contributed by atoms with Gasteiger partial charge in [0.25, 0.3) is 0 Å². The Balaban J connectivity index is 2.17. The van der Waals surface area contributed by atoms with Gasteiger partial charge in [-0.25, -0.2) is 0 Å². The molecule has 0 fully saturated rings. The Morgan fingerprint density at radius 2 is 2.00 bits per heavy atom. The Bertz CT molecular complexity index is 259. The van der Waals surface area contributed by atoms with Crippen LogP contribution in [0.3, 0.4) is 0 Å². The molecule has 1 aromatic carbocycles. The van der Waals surface area contributed by atoms with Gasteiger partial charge in [-0.15, -0.1) is 0 Å². The van der Waals surface area contributed by atoms with Crippen LogP contribution in [0.5, 0.6) is 0 Å². The molecule has 0 unspecified atom stereocenters. The van der Waals surface area contributed by atoms with E-state index in [1.54, 1.807) is 17.7 Å². The number of hydrogen-bond donors (Lipinski definition) is 0. The van der Waals surface area contributed by atoms with Crippen LogP contribution in [0.15, 0.2) is 30.3 Å². The lowest BCUT2D eigenvalue weighted by molar-refractivity contribution is -0.109. The van der Waals surface area contributed by atoms with Gasteiger partial charge in [0.15, 0.2) is 5.12 Å². The van der Waals surface area contributed by atoms with Crippen LogP contribution in [-0.2, 0) is 11.2 Å². The van der Waals surface area contributed by atoms with Crippen LogP contribution in [0, 0.1) is 0 Å². The fraction of sp³-hybridized carbons (Fsp3) is 0.300. The third-order valence-corrected chi connectivity index (χ3v) is 3.77. The number of carbonyl (C=O) groups is 1. The highest BCUT2D eigenvalue weighted by molar-refractivity contribution is 8.82. The van der Waals surface area contributed by atoms with Crippen molar-refractivity contribution >= 4 is 26.7 Å². The molecule has 70 valence electrons. The second kappa shape index (κ2) is 6.11. The Kier molecular flexibility index (Phi) is 5.01. The average molecular weight is 212 g/mol.